The first kappa shape index (κ1) is 12.7. The van der Waals surface area contributed by atoms with Gasteiger partial charge in [0.1, 0.15) is 0 Å². The lowest BCUT2D eigenvalue weighted by molar-refractivity contribution is 0.708. The van der Waals surface area contributed by atoms with E-state index in [-0.39, 0.29) is 0 Å². The number of halogens is 1. The van der Waals surface area contributed by atoms with Crippen LogP contribution in [0.25, 0.3) is 10.7 Å². The molecule has 0 aromatic carbocycles. The van der Waals surface area contributed by atoms with Gasteiger partial charge in [0.25, 0.3) is 0 Å². The molecule has 2 aromatic rings. The van der Waals surface area contributed by atoms with Gasteiger partial charge in [0.15, 0.2) is 5.82 Å². The molecule has 0 spiro atoms. The summed E-state index contributed by atoms with van der Waals surface area (Å²) in [5.41, 5.74) is 2.05. The Morgan fingerprint density at radius 3 is 2.82 bits per heavy atom. The number of hydrogen-bond donors (Lipinski definition) is 1. The summed E-state index contributed by atoms with van der Waals surface area (Å²) in [6, 6.07) is 4.07. The zero-order valence-electron chi connectivity index (χ0n) is 9.83. The second-order valence-electron chi connectivity index (χ2n) is 3.73. The van der Waals surface area contributed by atoms with E-state index >= 15 is 0 Å². The van der Waals surface area contributed by atoms with E-state index in [2.05, 4.69) is 44.2 Å². The third-order valence-electron chi connectivity index (χ3n) is 2.25. The van der Waals surface area contributed by atoms with Crippen molar-refractivity contribution in [2.45, 2.75) is 20.4 Å². The molecule has 2 heterocycles. The molecule has 0 aliphatic heterocycles. The maximum absolute atomic E-state index is 4.57. The van der Waals surface area contributed by atoms with Gasteiger partial charge in [-0.15, -0.1) is 11.3 Å². The fraction of sp³-hybridized carbons (Fsp3) is 0.333. The molecule has 0 saturated carbocycles. The minimum absolute atomic E-state index is 0.791. The summed E-state index contributed by atoms with van der Waals surface area (Å²) < 4.78 is 1.08. The van der Waals surface area contributed by atoms with Crippen molar-refractivity contribution in [3.63, 3.8) is 0 Å². The lowest BCUT2D eigenvalue weighted by atomic mass is 10.3. The third kappa shape index (κ3) is 3.34. The molecule has 3 nitrogen and oxygen atoms in total. The molecular weight excluding hydrogens is 298 g/mol. The lowest BCUT2D eigenvalue weighted by Gasteiger charge is -2.05. The summed E-state index contributed by atoms with van der Waals surface area (Å²) in [5.74, 6) is 0.814. The number of nitrogens with one attached hydrogen (secondary N) is 1. The molecule has 0 amide bonds. The number of thiophene rings is 1. The first-order chi connectivity index (χ1) is 8.19. The molecule has 0 aliphatic carbocycles. The summed E-state index contributed by atoms with van der Waals surface area (Å²) in [5, 5.41) is 5.33. The number of rotatable bonds is 4. The Labute approximate surface area is 113 Å². The Bertz CT molecular complexity index is 510. The zero-order chi connectivity index (χ0) is 12.3. The molecule has 0 fully saturated rings. The fourth-order valence-corrected chi connectivity index (χ4v) is 2.88. The molecule has 1 N–H and O–H groups in total. The van der Waals surface area contributed by atoms with Crippen LogP contribution in [0.4, 0.5) is 0 Å². The van der Waals surface area contributed by atoms with Crippen LogP contribution < -0.4 is 5.32 Å². The molecule has 0 radical (unpaired) electrons. The van der Waals surface area contributed by atoms with Crippen molar-refractivity contribution in [2.75, 3.05) is 6.54 Å². The van der Waals surface area contributed by atoms with E-state index in [1.165, 1.54) is 0 Å². The van der Waals surface area contributed by atoms with Crippen LogP contribution in [0, 0.1) is 6.92 Å². The van der Waals surface area contributed by atoms with Gasteiger partial charge in [-0.25, -0.2) is 9.97 Å². The molecule has 5 heteroatoms. The van der Waals surface area contributed by atoms with Crippen molar-refractivity contribution in [1.29, 1.82) is 0 Å². The normalized spacial score (nSPS) is 10.8. The molecular formula is C12H14BrN3S. The minimum Gasteiger partial charge on any atom is -0.311 e. The highest BCUT2D eigenvalue weighted by Crippen LogP contribution is 2.27. The summed E-state index contributed by atoms with van der Waals surface area (Å²) in [6.07, 6.45) is 0. The number of aryl methyl sites for hydroxylation is 1. The van der Waals surface area contributed by atoms with Gasteiger partial charge in [0.05, 0.1) is 10.6 Å². The summed E-state index contributed by atoms with van der Waals surface area (Å²) in [6.45, 7) is 5.83. The second-order valence-corrected chi connectivity index (χ2v) is 5.56. The monoisotopic (exact) mass is 311 g/mol. The van der Waals surface area contributed by atoms with Gasteiger partial charge in [0, 0.05) is 22.1 Å². The zero-order valence-corrected chi connectivity index (χ0v) is 12.2. The maximum atomic E-state index is 4.57. The van der Waals surface area contributed by atoms with Crippen LogP contribution in [0.5, 0.6) is 0 Å². The molecule has 2 aromatic heterocycles. The van der Waals surface area contributed by atoms with Gasteiger partial charge in [-0.05, 0) is 41.5 Å². The van der Waals surface area contributed by atoms with E-state index in [4.69, 9.17) is 0 Å². The van der Waals surface area contributed by atoms with Gasteiger partial charge < -0.3 is 5.32 Å². The van der Waals surface area contributed by atoms with Crippen LogP contribution >= 0.6 is 27.3 Å². The van der Waals surface area contributed by atoms with Gasteiger partial charge in [-0.3, -0.25) is 0 Å². The topological polar surface area (TPSA) is 37.8 Å². The average molecular weight is 312 g/mol. The highest BCUT2D eigenvalue weighted by molar-refractivity contribution is 9.10. The van der Waals surface area contributed by atoms with E-state index in [0.29, 0.717) is 0 Å². The number of nitrogens with zero attached hydrogens (tertiary/aromatic N) is 2. The van der Waals surface area contributed by atoms with Crippen LogP contribution in [-0.2, 0) is 6.54 Å². The maximum Gasteiger partial charge on any atom is 0.169 e. The molecule has 2 rings (SSSR count). The second kappa shape index (κ2) is 5.71. The van der Waals surface area contributed by atoms with Gasteiger partial charge in [-0.2, -0.15) is 0 Å². The minimum atomic E-state index is 0.791. The predicted octanol–water partition coefficient (Wildman–Crippen LogP) is 3.39. The standard InChI is InChI=1S/C12H14BrN3S/c1-3-14-6-10-4-8(2)15-12(16-10)11-5-9(13)7-17-11/h4-5,7,14H,3,6H2,1-2H3. The Balaban J connectivity index is 2.31. The third-order valence-corrected chi connectivity index (χ3v) is 3.94. The van der Waals surface area contributed by atoms with Crippen molar-refractivity contribution in [3.05, 3.63) is 33.4 Å². The molecule has 0 saturated heterocycles. The molecule has 0 aliphatic rings. The van der Waals surface area contributed by atoms with Crippen molar-refractivity contribution in [1.82, 2.24) is 15.3 Å². The highest BCUT2D eigenvalue weighted by Gasteiger charge is 2.07. The van der Waals surface area contributed by atoms with Crippen LogP contribution in [0.15, 0.2) is 22.0 Å². The van der Waals surface area contributed by atoms with Gasteiger partial charge in [-0.1, -0.05) is 6.92 Å². The lowest BCUT2D eigenvalue weighted by Crippen LogP contribution is -2.13. The molecule has 0 unspecified atom stereocenters. The van der Waals surface area contributed by atoms with E-state index in [0.717, 1.165) is 39.7 Å². The number of aromatic nitrogens is 2. The first-order valence-corrected chi connectivity index (χ1v) is 7.16. The smallest absolute Gasteiger partial charge is 0.169 e. The van der Waals surface area contributed by atoms with Crippen LogP contribution in [-0.4, -0.2) is 16.5 Å². The van der Waals surface area contributed by atoms with Gasteiger partial charge >= 0.3 is 0 Å². The van der Waals surface area contributed by atoms with Crippen molar-refractivity contribution in [2.24, 2.45) is 0 Å². The summed E-state index contributed by atoms with van der Waals surface area (Å²) in [7, 11) is 0. The Morgan fingerprint density at radius 2 is 2.18 bits per heavy atom. The largest absolute Gasteiger partial charge is 0.311 e. The van der Waals surface area contributed by atoms with Gasteiger partial charge in [0.2, 0.25) is 0 Å². The summed E-state index contributed by atoms with van der Waals surface area (Å²) >= 11 is 5.10. The average Bonchev–Trinajstić information content (AvgIpc) is 2.72. The SMILES string of the molecule is CCNCc1cc(C)nc(-c2cc(Br)cs2)n1. The van der Waals surface area contributed by atoms with E-state index in [9.17, 15) is 0 Å². The highest BCUT2D eigenvalue weighted by atomic mass is 79.9. The molecule has 17 heavy (non-hydrogen) atoms. The van der Waals surface area contributed by atoms with Crippen LogP contribution in [0.1, 0.15) is 18.3 Å². The molecule has 0 bridgehead atoms. The molecule has 0 atom stereocenters. The summed E-state index contributed by atoms with van der Waals surface area (Å²) in [4.78, 5) is 10.1. The Morgan fingerprint density at radius 1 is 1.35 bits per heavy atom. The fourth-order valence-electron chi connectivity index (χ4n) is 1.52. The van der Waals surface area contributed by atoms with Crippen molar-refractivity contribution in [3.8, 4) is 10.7 Å². The van der Waals surface area contributed by atoms with E-state index < -0.39 is 0 Å². The Kier molecular flexibility index (Phi) is 4.25. The van der Waals surface area contributed by atoms with Crippen LogP contribution in [0.2, 0.25) is 0 Å². The predicted molar refractivity (Wildman–Crippen MR) is 75.2 cm³/mol. The van der Waals surface area contributed by atoms with Crippen molar-refractivity contribution >= 4 is 27.3 Å². The Hall–Kier alpha value is -0.780. The molecule has 90 valence electrons. The quantitative estimate of drug-likeness (QED) is 0.940. The van der Waals surface area contributed by atoms with E-state index in [1.54, 1.807) is 11.3 Å². The van der Waals surface area contributed by atoms with Crippen LogP contribution in [0.3, 0.4) is 0 Å². The van der Waals surface area contributed by atoms with Crippen molar-refractivity contribution < 1.29 is 0 Å². The van der Waals surface area contributed by atoms with E-state index in [1.807, 2.05) is 18.4 Å². The number of hydrogen-bond acceptors (Lipinski definition) is 4. The first-order valence-electron chi connectivity index (χ1n) is 5.48.